The molecule has 0 spiro atoms. The largest absolute Gasteiger partial charge is 0.0149 e. The molecule has 22 valence electrons. The summed E-state index contributed by atoms with van der Waals surface area (Å²) in [4.78, 5) is 0. The maximum absolute atomic E-state index is 0. The Morgan fingerprint density at radius 3 is 1.00 bits per heavy atom. The van der Waals surface area contributed by atoms with Crippen LogP contribution in [0.25, 0.3) is 0 Å². The summed E-state index contributed by atoms with van der Waals surface area (Å²) >= 11 is 0. The molecule has 0 unspecified atom stereocenters. The van der Waals surface area contributed by atoms with E-state index in [-0.39, 0.29) is 80.0 Å². The van der Waals surface area contributed by atoms with Gasteiger partial charge >= 0.3 is 0 Å². The van der Waals surface area contributed by atoms with Gasteiger partial charge in [-0.3, -0.25) is 0 Å². The van der Waals surface area contributed by atoms with Gasteiger partial charge in [0.15, 0.2) is 0 Å². The van der Waals surface area contributed by atoms with E-state index in [1.165, 1.54) is 0 Å². The van der Waals surface area contributed by atoms with Gasteiger partial charge in [0.1, 0.15) is 0 Å². The Balaban J connectivity index is 0. The monoisotopic (exact) mass is 354 g/mol. The summed E-state index contributed by atoms with van der Waals surface area (Å²) in [5, 5.41) is 0. The maximum atomic E-state index is 0. The molecule has 0 bridgehead atoms. The van der Waals surface area contributed by atoms with Gasteiger partial charge in [0.05, 0.1) is 0 Å². The minimum absolute atomic E-state index is 0. The summed E-state index contributed by atoms with van der Waals surface area (Å²) in [5.74, 6) is 0. The topological polar surface area (TPSA) is 0 Å². The van der Waals surface area contributed by atoms with Crippen LogP contribution < -0.4 is 0 Å². The average Bonchev–Trinajstić information content (AvgIpc) is 0. The molecule has 0 aliphatic carbocycles. The van der Waals surface area contributed by atoms with E-state index >= 15 is 0 Å². The Kier molecular flexibility index (Phi) is 140. The van der Waals surface area contributed by atoms with Crippen molar-refractivity contribution in [3.63, 3.8) is 0 Å². The van der Waals surface area contributed by atoms with Crippen molar-refractivity contribution in [3.8, 4) is 0 Å². The second kappa shape index (κ2) is 17.8. The van der Waals surface area contributed by atoms with Crippen LogP contribution in [0.15, 0.2) is 0 Å². The van der Waals surface area contributed by atoms with Crippen molar-refractivity contribution in [3.05, 3.63) is 0 Å². The van der Waals surface area contributed by atoms with E-state index in [9.17, 15) is 0 Å². The molecule has 0 aromatic heterocycles. The molecule has 4 heteroatoms. The van der Waals surface area contributed by atoms with Crippen LogP contribution in [-0.4, -0.2) is 11.0 Å². The predicted molar refractivity (Wildman–Crippen MR) is 11.3 cm³/mol. The Morgan fingerprint density at radius 1 is 1.00 bits per heavy atom. The molecule has 0 aliphatic heterocycles. The van der Waals surface area contributed by atoms with Gasteiger partial charge in [0.25, 0.3) is 0 Å². The zero-order valence-electron chi connectivity index (χ0n) is 1.41. The summed E-state index contributed by atoms with van der Waals surface area (Å²) in [5.41, 5.74) is 0. The molecule has 4 heavy (non-hydrogen) atoms. The summed E-state index contributed by atoms with van der Waals surface area (Å²) in [6.07, 6.45) is 0. The minimum Gasteiger partial charge on any atom is -0.0149 e. The third kappa shape index (κ3) is 8.82. The van der Waals surface area contributed by atoms with E-state index in [4.69, 9.17) is 0 Å². The van der Waals surface area contributed by atoms with Crippen molar-refractivity contribution in [1.82, 2.24) is 0 Å². The van der Waals surface area contributed by atoms with Gasteiger partial charge < -0.3 is 0 Å². The van der Waals surface area contributed by atoms with Crippen LogP contribution in [0, 0.1) is 0 Å². The van der Waals surface area contributed by atoms with E-state index < -0.39 is 0 Å². The van der Waals surface area contributed by atoms with Gasteiger partial charge in [0, 0.05) is 69.0 Å². The summed E-state index contributed by atoms with van der Waals surface area (Å²) in [6, 6.07) is 0. The van der Waals surface area contributed by atoms with Crippen LogP contribution in [0.5, 0.6) is 0 Å². The van der Waals surface area contributed by atoms with Gasteiger partial charge in [-0.1, -0.05) is 0 Å². The molecule has 0 heterocycles. The van der Waals surface area contributed by atoms with E-state index in [2.05, 4.69) is 0 Å². The molecule has 0 N–H and O–H groups in total. The van der Waals surface area contributed by atoms with Crippen molar-refractivity contribution in [2.75, 3.05) is 0 Å². The average molecular weight is 355 g/mol. The Hall–Kier alpha value is 2.50. The third-order valence-electron chi connectivity index (χ3n) is 0. The zero-order chi connectivity index (χ0) is 0. The van der Waals surface area contributed by atoms with Gasteiger partial charge in [0.2, 0.25) is 0 Å². The van der Waals surface area contributed by atoms with Crippen molar-refractivity contribution in [1.29, 1.82) is 0 Å². The molecule has 0 saturated heterocycles. The fourth-order valence-electron chi connectivity index (χ4n) is 0. The van der Waals surface area contributed by atoms with Crippen molar-refractivity contribution < 1.29 is 69.0 Å². The summed E-state index contributed by atoms with van der Waals surface area (Å²) in [7, 11) is 0. The zero-order valence-corrected chi connectivity index (χ0v) is 8.36. The fraction of sp³-hybridized carbons (Fsp3) is 0. The van der Waals surface area contributed by atoms with Gasteiger partial charge in [-0.2, -0.15) is 0 Å². The van der Waals surface area contributed by atoms with Crippen LogP contribution in [0.2, 0.25) is 0 Å². The normalized spacial score (nSPS) is 0. The molecule has 0 atom stereocenters. The second-order valence-electron chi connectivity index (χ2n) is 0. The van der Waals surface area contributed by atoms with Crippen LogP contribution in [0.1, 0.15) is 0 Å². The van der Waals surface area contributed by atoms with Crippen LogP contribution in [0.3, 0.4) is 0 Å². The first kappa shape index (κ1) is 31.4. The Morgan fingerprint density at radius 2 is 1.00 bits per heavy atom. The van der Waals surface area contributed by atoms with Gasteiger partial charge in [-0.05, 0) is 11.0 Å². The number of hydrogen-bond donors (Lipinski definition) is 0. The quantitative estimate of drug-likeness (QED) is 0.466. The molecule has 0 aromatic carbocycles. The molecule has 0 rings (SSSR count). The first-order valence-electron chi connectivity index (χ1n) is 0. The first-order chi connectivity index (χ1) is 0. The molecule has 0 aliphatic rings. The van der Waals surface area contributed by atoms with E-state index in [0.29, 0.717) is 0 Å². The fourth-order valence-corrected chi connectivity index (χ4v) is 0. The summed E-state index contributed by atoms with van der Waals surface area (Å²) < 4.78 is 0. The number of hydrogen-bond acceptors (Lipinski definition) is 0. The van der Waals surface area contributed by atoms with Crippen LogP contribution in [0.4, 0.5) is 0 Å². The molecule has 0 radical (unpaired) electrons. The van der Waals surface area contributed by atoms with Crippen molar-refractivity contribution >= 4 is 11.0 Å². The molecule has 0 aromatic rings. The van der Waals surface area contributed by atoms with E-state index in [1.54, 1.807) is 0 Å². The first-order valence-corrected chi connectivity index (χ1v) is 0. The van der Waals surface area contributed by atoms with E-state index in [1.807, 2.05) is 0 Å². The van der Waals surface area contributed by atoms with Crippen molar-refractivity contribution in [2.45, 2.75) is 0 Å². The van der Waals surface area contributed by atoms with Crippen molar-refractivity contribution in [2.24, 2.45) is 0 Å². The van der Waals surface area contributed by atoms with Crippen LogP contribution in [-0.2, 0) is 69.0 Å². The second-order valence-corrected chi connectivity index (χ2v) is 0. The number of rotatable bonds is 0. The Bertz CT molecular complexity index is 8.00. The molecule has 0 fully saturated rings. The smallest absolute Gasteiger partial charge is 0 e. The molecular weight excluding hydrogens is 351 g/mol. The SMILES string of the molecule is [SiH4].[Ti].[W].[Zr]. The molecule has 0 saturated carbocycles. The van der Waals surface area contributed by atoms with Gasteiger partial charge in [-0.15, -0.1) is 0 Å². The molecular formula is H4SiTiWZr. The minimum atomic E-state index is 0. The maximum Gasteiger partial charge on any atom is 0 e. The third-order valence-corrected chi connectivity index (χ3v) is 0. The standard InChI is InChI=1S/H4Si.Ti.W.Zr/h1H4;;;. The molecule has 0 amide bonds. The predicted octanol–water partition coefficient (Wildman–Crippen LogP) is -1.46. The van der Waals surface area contributed by atoms with Gasteiger partial charge in [-0.25, -0.2) is 0 Å². The Labute approximate surface area is 78.8 Å². The summed E-state index contributed by atoms with van der Waals surface area (Å²) in [6.45, 7) is 0. The molecule has 0 nitrogen and oxygen atoms in total. The van der Waals surface area contributed by atoms with Crippen LogP contribution >= 0.6 is 0 Å². The van der Waals surface area contributed by atoms with E-state index in [0.717, 1.165) is 0 Å².